The van der Waals surface area contributed by atoms with E-state index in [0.29, 0.717) is 12.8 Å². The van der Waals surface area contributed by atoms with Crippen LogP contribution in [0.4, 0.5) is 5.69 Å². The zero-order valence-corrected chi connectivity index (χ0v) is 12.6. The van der Waals surface area contributed by atoms with Crippen LogP contribution in [0.25, 0.3) is 0 Å². The third-order valence-electron chi connectivity index (χ3n) is 3.14. The van der Waals surface area contributed by atoms with Crippen LogP contribution in [0.3, 0.4) is 0 Å². The lowest BCUT2D eigenvalue weighted by atomic mass is 10.1. The van der Waals surface area contributed by atoms with Gasteiger partial charge in [-0.3, -0.25) is 14.5 Å². The number of carbonyl (C=O) groups excluding carboxylic acids is 2. The maximum absolute atomic E-state index is 11.8. The summed E-state index contributed by atoms with van der Waals surface area (Å²) in [6.07, 6.45) is 0.349. The van der Waals surface area contributed by atoms with E-state index in [0.717, 1.165) is 10.2 Å². The average Bonchev–Trinajstić information content (AvgIpc) is 2.66. The van der Waals surface area contributed by atoms with Crippen molar-refractivity contribution in [2.45, 2.75) is 32.9 Å². The molecule has 0 saturated carbocycles. The smallest absolute Gasteiger partial charge is 0.231 e. The zero-order valence-electron chi connectivity index (χ0n) is 11.0. The molecule has 1 aliphatic rings. The Bertz CT molecular complexity index is 486. The number of hydrogen-bond donors (Lipinski definition) is 1. The van der Waals surface area contributed by atoms with Gasteiger partial charge in [-0.1, -0.05) is 35.8 Å². The summed E-state index contributed by atoms with van der Waals surface area (Å²) >= 11 is 3.41. The molecule has 0 radical (unpaired) electrons. The molecular formula is C14H17BrN2O2. The van der Waals surface area contributed by atoms with Crippen molar-refractivity contribution in [2.24, 2.45) is 5.92 Å². The molecule has 4 nitrogen and oxygen atoms in total. The number of likely N-dealkylation sites (tertiary alicyclic amines) is 1. The monoisotopic (exact) mass is 324 g/mol. The highest BCUT2D eigenvalue weighted by Crippen LogP contribution is 2.23. The fraction of sp³-hybridized carbons (Fsp3) is 0.429. The standard InChI is InChI=1S/C14H17BrN2O2/c1-9(2)14(17-12(18)6-7-13(17)19)16-11-5-3-4-10(15)8-11/h3-5,8-9,14,16H,6-7H2,1-2H3/t14-/m1/s1. The Morgan fingerprint density at radius 1 is 1.21 bits per heavy atom. The predicted octanol–water partition coefficient (Wildman–Crippen LogP) is 2.99. The lowest BCUT2D eigenvalue weighted by Gasteiger charge is -2.31. The van der Waals surface area contributed by atoms with Crippen LogP contribution in [0.5, 0.6) is 0 Å². The summed E-state index contributed by atoms with van der Waals surface area (Å²) in [5.74, 6) is -0.0395. The maximum Gasteiger partial charge on any atom is 0.231 e. The number of benzene rings is 1. The number of carbonyl (C=O) groups is 2. The third-order valence-corrected chi connectivity index (χ3v) is 3.63. The minimum atomic E-state index is -0.295. The third kappa shape index (κ3) is 3.15. The molecule has 102 valence electrons. The molecule has 1 aliphatic heterocycles. The number of imide groups is 1. The van der Waals surface area contributed by atoms with Gasteiger partial charge in [-0.2, -0.15) is 0 Å². The van der Waals surface area contributed by atoms with Crippen molar-refractivity contribution in [3.05, 3.63) is 28.7 Å². The van der Waals surface area contributed by atoms with Crippen molar-refractivity contribution in [3.63, 3.8) is 0 Å². The highest BCUT2D eigenvalue weighted by Gasteiger charge is 2.36. The first kappa shape index (κ1) is 14.1. The molecular weight excluding hydrogens is 308 g/mol. The molecule has 0 bridgehead atoms. The number of rotatable bonds is 4. The van der Waals surface area contributed by atoms with Crippen LogP contribution < -0.4 is 5.32 Å². The molecule has 1 N–H and O–H groups in total. The highest BCUT2D eigenvalue weighted by atomic mass is 79.9. The van der Waals surface area contributed by atoms with Gasteiger partial charge in [0.1, 0.15) is 6.17 Å². The molecule has 1 aromatic carbocycles. The van der Waals surface area contributed by atoms with Crippen LogP contribution in [0.1, 0.15) is 26.7 Å². The molecule has 1 heterocycles. The van der Waals surface area contributed by atoms with E-state index in [2.05, 4.69) is 21.2 Å². The van der Waals surface area contributed by atoms with E-state index in [9.17, 15) is 9.59 Å². The molecule has 2 amide bonds. The van der Waals surface area contributed by atoms with Gasteiger partial charge in [0.15, 0.2) is 0 Å². The summed E-state index contributed by atoms with van der Waals surface area (Å²) in [6.45, 7) is 3.99. The van der Waals surface area contributed by atoms with Crippen molar-refractivity contribution in [2.75, 3.05) is 5.32 Å². The van der Waals surface area contributed by atoms with E-state index >= 15 is 0 Å². The molecule has 1 saturated heterocycles. The fourth-order valence-electron chi connectivity index (χ4n) is 2.18. The molecule has 0 aliphatic carbocycles. The Kier molecular flexibility index (Phi) is 4.24. The summed E-state index contributed by atoms with van der Waals surface area (Å²) in [6, 6.07) is 7.70. The van der Waals surface area contributed by atoms with E-state index in [1.807, 2.05) is 38.1 Å². The van der Waals surface area contributed by atoms with Gasteiger partial charge in [0.25, 0.3) is 0 Å². The van der Waals surface area contributed by atoms with E-state index in [-0.39, 0.29) is 23.9 Å². The Morgan fingerprint density at radius 3 is 2.37 bits per heavy atom. The van der Waals surface area contributed by atoms with E-state index < -0.39 is 0 Å². The SMILES string of the molecule is CC(C)[C@H](Nc1cccc(Br)c1)N1C(=O)CCC1=O. The minimum absolute atomic E-state index is 0.0915. The second-order valence-corrected chi connectivity index (χ2v) is 5.92. The summed E-state index contributed by atoms with van der Waals surface area (Å²) < 4.78 is 0.957. The number of halogens is 1. The zero-order chi connectivity index (χ0) is 14.0. The van der Waals surface area contributed by atoms with Crippen LogP contribution in [-0.4, -0.2) is 22.9 Å². The number of nitrogens with one attached hydrogen (secondary N) is 1. The van der Waals surface area contributed by atoms with Gasteiger partial charge in [-0.15, -0.1) is 0 Å². The lowest BCUT2D eigenvalue weighted by molar-refractivity contribution is -0.141. The van der Waals surface area contributed by atoms with Gasteiger partial charge in [0.05, 0.1) is 0 Å². The summed E-state index contributed by atoms with van der Waals surface area (Å²) in [5, 5.41) is 3.28. The average molecular weight is 325 g/mol. The Balaban J connectivity index is 2.21. The first-order valence-corrected chi connectivity index (χ1v) is 7.15. The number of amides is 2. The van der Waals surface area contributed by atoms with Crippen LogP contribution in [0.2, 0.25) is 0 Å². The van der Waals surface area contributed by atoms with Crippen LogP contribution in [0, 0.1) is 5.92 Å². The predicted molar refractivity (Wildman–Crippen MR) is 77.5 cm³/mol. The van der Waals surface area contributed by atoms with Crippen molar-refractivity contribution in [3.8, 4) is 0 Å². The van der Waals surface area contributed by atoms with Gasteiger partial charge >= 0.3 is 0 Å². The molecule has 19 heavy (non-hydrogen) atoms. The number of anilines is 1. The summed E-state index contributed by atoms with van der Waals surface area (Å²) in [7, 11) is 0. The van der Waals surface area contributed by atoms with E-state index in [1.54, 1.807) is 0 Å². The lowest BCUT2D eigenvalue weighted by Crippen LogP contribution is -2.47. The van der Waals surface area contributed by atoms with Crippen LogP contribution >= 0.6 is 15.9 Å². The number of hydrogen-bond acceptors (Lipinski definition) is 3. The van der Waals surface area contributed by atoms with E-state index in [4.69, 9.17) is 0 Å². The minimum Gasteiger partial charge on any atom is -0.364 e. The molecule has 0 unspecified atom stereocenters. The number of nitrogens with zero attached hydrogens (tertiary/aromatic N) is 1. The van der Waals surface area contributed by atoms with E-state index in [1.165, 1.54) is 4.90 Å². The topological polar surface area (TPSA) is 49.4 Å². The second kappa shape index (κ2) is 5.74. The van der Waals surface area contributed by atoms with Crippen LogP contribution in [-0.2, 0) is 9.59 Å². The highest BCUT2D eigenvalue weighted by molar-refractivity contribution is 9.10. The quantitative estimate of drug-likeness (QED) is 0.866. The normalized spacial score (nSPS) is 17.2. The summed E-state index contributed by atoms with van der Waals surface area (Å²) in [5.41, 5.74) is 0.889. The second-order valence-electron chi connectivity index (χ2n) is 5.00. The summed E-state index contributed by atoms with van der Waals surface area (Å²) in [4.78, 5) is 25.1. The molecule has 1 atom stereocenters. The molecule has 2 rings (SSSR count). The van der Waals surface area contributed by atoms with Crippen molar-refractivity contribution in [1.82, 2.24) is 4.90 Å². The molecule has 5 heteroatoms. The fourth-order valence-corrected chi connectivity index (χ4v) is 2.58. The van der Waals surface area contributed by atoms with Gasteiger partial charge in [-0.05, 0) is 24.1 Å². The van der Waals surface area contributed by atoms with Gasteiger partial charge in [-0.25, -0.2) is 0 Å². The van der Waals surface area contributed by atoms with Gasteiger partial charge in [0, 0.05) is 23.0 Å². The maximum atomic E-state index is 11.8. The Labute approximate surface area is 121 Å². The van der Waals surface area contributed by atoms with Gasteiger partial charge in [0.2, 0.25) is 11.8 Å². The molecule has 0 aromatic heterocycles. The Hall–Kier alpha value is -1.36. The van der Waals surface area contributed by atoms with Gasteiger partial charge < -0.3 is 5.32 Å². The molecule has 1 aromatic rings. The Morgan fingerprint density at radius 2 is 1.84 bits per heavy atom. The molecule has 0 spiro atoms. The van der Waals surface area contributed by atoms with Crippen molar-refractivity contribution in [1.29, 1.82) is 0 Å². The molecule has 1 fully saturated rings. The van der Waals surface area contributed by atoms with Crippen molar-refractivity contribution >= 4 is 33.4 Å². The first-order valence-electron chi connectivity index (χ1n) is 6.36. The van der Waals surface area contributed by atoms with Crippen LogP contribution in [0.15, 0.2) is 28.7 Å². The van der Waals surface area contributed by atoms with Crippen molar-refractivity contribution < 1.29 is 9.59 Å². The largest absolute Gasteiger partial charge is 0.364 e. The first-order chi connectivity index (χ1) is 8.99.